The molecule has 1 aliphatic rings. The van der Waals surface area contributed by atoms with Crippen LogP contribution in [-0.4, -0.2) is 29.7 Å². The van der Waals surface area contributed by atoms with Gasteiger partial charge in [0.25, 0.3) is 0 Å². The summed E-state index contributed by atoms with van der Waals surface area (Å²) in [6.07, 6.45) is 1.10. The average molecular weight is 436 g/mol. The summed E-state index contributed by atoms with van der Waals surface area (Å²) in [5.41, 5.74) is 0.183. The minimum absolute atomic E-state index is 0.00713. The highest BCUT2D eigenvalue weighted by molar-refractivity contribution is 6.12. The predicted molar refractivity (Wildman–Crippen MR) is 120 cm³/mol. The van der Waals surface area contributed by atoms with Crippen LogP contribution >= 0.6 is 0 Å². The Balaban J connectivity index is 1.84. The van der Waals surface area contributed by atoms with E-state index in [1.807, 2.05) is 44.2 Å². The van der Waals surface area contributed by atoms with Crippen LogP contribution in [0.5, 0.6) is 0 Å². The lowest BCUT2D eigenvalue weighted by Crippen LogP contribution is -2.32. The first-order valence-electron chi connectivity index (χ1n) is 10.7. The van der Waals surface area contributed by atoms with E-state index in [1.54, 1.807) is 0 Å². The minimum atomic E-state index is -0.857. The molecule has 0 radical (unpaired) electrons. The average Bonchev–Trinajstić information content (AvgIpc) is 3.16. The molecule has 1 N–H and O–H groups in total. The second-order valence-corrected chi connectivity index (χ2v) is 8.37. The first kappa shape index (κ1) is 21.7. The number of hydrogen-bond donors (Lipinski definition) is 1. The fraction of sp³-hybridized carbons (Fsp3) is 0.320. The van der Waals surface area contributed by atoms with Crippen LogP contribution in [0.15, 0.2) is 57.7 Å². The lowest BCUT2D eigenvalue weighted by atomic mass is 9.95. The van der Waals surface area contributed by atoms with E-state index in [2.05, 4.69) is 5.32 Å². The number of carbonyl (C=O) groups is 2. The van der Waals surface area contributed by atoms with Gasteiger partial charge in [-0.2, -0.15) is 0 Å². The van der Waals surface area contributed by atoms with E-state index in [0.29, 0.717) is 19.4 Å². The molecule has 0 bridgehead atoms. The predicted octanol–water partition coefficient (Wildman–Crippen LogP) is 4.55. The minimum Gasteiger partial charge on any atom is -0.405 e. The van der Waals surface area contributed by atoms with Gasteiger partial charge in [-0.05, 0) is 24.0 Å². The third-order valence-electron chi connectivity index (χ3n) is 5.81. The molecule has 2 heterocycles. The molecule has 0 aliphatic carbocycles. The van der Waals surface area contributed by atoms with Crippen molar-refractivity contribution in [2.75, 3.05) is 18.4 Å². The zero-order valence-corrected chi connectivity index (χ0v) is 18.1. The van der Waals surface area contributed by atoms with Crippen molar-refractivity contribution in [2.45, 2.75) is 32.7 Å². The summed E-state index contributed by atoms with van der Waals surface area (Å²) in [7, 11) is 0. The van der Waals surface area contributed by atoms with Crippen molar-refractivity contribution in [3.8, 4) is 0 Å². The summed E-state index contributed by atoms with van der Waals surface area (Å²) in [5.74, 6) is -1.17. The Morgan fingerprint density at radius 3 is 2.53 bits per heavy atom. The second-order valence-electron chi connectivity index (χ2n) is 8.37. The van der Waals surface area contributed by atoms with Crippen LogP contribution in [0.2, 0.25) is 0 Å². The molecule has 0 saturated carbocycles. The Kier molecular flexibility index (Phi) is 6.08. The van der Waals surface area contributed by atoms with E-state index in [1.165, 1.54) is 17.0 Å². The molecule has 166 valence electrons. The van der Waals surface area contributed by atoms with Gasteiger partial charge in [0.05, 0.1) is 18.2 Å². The number of halogens is 1. The van der Waals surface area contributed by atoms with Crippen LogP contribution in [0.4, 0.5) is 10.3 Å². The Bertz CT molecular complexity index is 1220. The summed E-state index contributed by atoms with van der Waals surface area (Å²) >= 11 is 0. The van der Waals surface area contributed by atoms with E-state index in [9.17, 15) is 18.8 Å². The molecule has 1 atom stereocenters. The number of amides is 1. The number of fused-ring (bicyclic) bond motifs is 1. The fourth-order valence-corrected chi connectivity index (χ4v) is 4.20. The van der Waals surface area contributed by atoms with Crippen LogP contribution in [0.1, 0.15) is 48.7 Å². The molecule has 1 aliphatic heterocycles. The summed E-state index contributed by atoms with van der Waals surface area (Å²) in [6, 6.07) is 13.5. The Morgan fingerprint density at radius 1 is 1.12 bits per heavy atom. The molecule has 4 rings (SSSR count). The molecule has 6 nitrogen and oxygen atoms in total. The van der Waals surface area contributed by atoms with Crippen LogP contribution in [0.25, 0.3) is 10.8 Å². The topological polar surface area (TPSA) is 79.6 Å². The largest absolute Gasteiger partial charge is 0.405 e. The molecule has 32 heavy (non-hydrogen) atoms. The molecule has 2 aromatic carbocycles. The van der Waals surface area contributed by atoms with Gasteiger partial charge >= 0.3 is 5.63 Å². The number of anilines is 1. The number of nitrogens with one attached hydrogen (secondary N) is 1. The van der Waals surface area contributed by atoms with Gasteiger partial charge < -0.3 is 14.6 Å². The number of ketones is 1. The van der Waals surface area contributed by atoms with Crippen molar-refractivity contribution in [1.82, 2.24) is 4.90 Å². The highest BCUT2D eigenvalue weighted by atomic mass is 19.1. The maximum absolute atomic E-state index is 14.5. The maximum atomic E-state index is 14.5. The number of rotatable bonds is 7. The molecule has 1 unspecified atom stereocenters. The van der Waals surface area contributed by atoms with Gasteiger partial charge in [-0.15, -0.1) is 0 Å². The summed E-state index contributed by atoms with van der Waals surface area (Å²) in [4.78, 5) is 39.6. The van der Waals surface area contributed by atoms with Gasteiger partial charge in [0.15, 0.2) is 5.78 Å². The van der Waals surface area contributed by atoms with Gasteiger partial charge in [0.2, 0.25) is 11.8 Å². The van der Waals surface area contributed by atoms with Gasteiger partial charge in [-0.1, -0.05) is 56.3 Å². The van der Waals surface area contributed by atoms with Crippen molar-refractivity contribution in [1.29, 1.82) is 0 Å². The van der Waals surface area contributed by atoms with Crippen molar-refractivity contribution in [3.63, 3.8) is 0 Å². The summed E-state index contributed by atoms with van der Waals surface area (Å²) in [6.45, 7) is 4.36. The van der Waals surface area contributed by atoms with Crippen LogP contribution in [-0.2, 0) is 4.79 Å². The van der Waals surface area contributed by atoms with Crippen LogP contribution < -0.4 is 10.9 Å². The van der Waals surface area contributed by atoms with E-state index >= 15 is 0 Å². The molecular formula is C25H25FN2O4. The number of likely N-dealkylation sites (tertiary alicyclic amines) is 1. The third-order valence-corrected chi connectivity index (χ3v) is 5.81. The standard InChI is InChI=1S/C25H25FN2O4/c1-15(2)23(16-8-4-3-5-9-16)27-24-22(19(29)14-28-13-7-12-20(28)30)17-10-6-11-18(26)21(17)25(31)32-24/h3-6,8-11,15,23,27H,7,12-14H2,1-2H3. The first-order chi connectivity index (χ1) is 15.4. The Labute approximate surface area is 185 Å². The molecule has 1 amide bonds. The number of hydrogen-bond acceptors (Lipinski definition) is 5. The smallest absolute Gasteiger partial charge is 0.348 e. The van der Waals surface area contributed by atoms with Crippen molar-refractivity contribution >= 4 is 28.3 Å². The molecule has 7 heteroatoms. The molecule has 0 spiro atoms. The SMILES string of the molecule is CC(C)C(Nc1oc(=O)c2c(F)cccc2c1C(=O)CN1CCCC1=O)c1ccccc1. The summed E-state index contributed by atoms with van der Waals surface area (Å²) < 4.78 is 20.0. The number of nitrogens with zero attached hydrogens (tertiary/aromatic N) is 1. The van der Waals surface area contributed by atoms with Gasteiger partial charge in [-0.25, -0.2) is 9.18 Å². The van der Waals surface area contributed by atoms with E-state index in [0.717, 1.165) is 11.6 Å². The lowest BCUT2D eigenvalue weighted by Gasteiger charge is -2.25. The first-order valence-corrected chi connectivity index (χ1v) is 10.7. The van der Waals surface area contributed by atoms with Gasteiger partial charge in [0, 0.05) is 18.4 Å². The third kappa shape index (κ3) is 4.15. The number of Topliss-reactive ketones (excluding diaryl/α,β-unsaturated/α-hetero) is 1. The quantitative estimate of drug-likeness (QED) is 0.550. The van der Waals surface area contributed by atoms with E-state index in [-0.39, 0.29) is 46.6 Å². The van der Waals surface area contributed by atoms with Gasteiger partial charge in [-0.3, -0.25) is 9.59 Å². The molecule has 3 aromatic rings. The van der Waals surface area contributed by atoms with E-state index in [4.69, 9.17) is 4.42 Å². The molecule has 1 fully saturated rings. The fourth-order valence-electron chi connectivity index (χ4n) is 4.20. The maximum Gasteiger partial charge on any atom is 0.348 e. The molecular weight excluding hydrogens is 411 g/mol. The highest BCUT2D eigenvalue weighted by Gasteiger charge is 2.29. The Hall–Kier alpha value is -3.48. The van der Waals surface area contributed by atoms with Gasteiger partial charge in [0.1, 0.15) is 11.2 Å². The van der Waals surface area contributed by atoms with Crippen LogP contribution in [0, 0.1) is 11.7 Å². The number of benzene rings is 2. The van der Waals surface area contributed by atoms with Crippen molar-refractivity contribution in [3.05, 3.63) is 75.9 Å². The highest BCUT2D eigenvalue weighted by Crippen LogP contribution is 2.32. The number of carbonyl (C=O) groups excluding carboxylic acids is 2. The van der Waals surface area contributed by atoms with Crippen LogP contribution in [0.3, 0.4) is 0 Å². The second kappa shape index (κ2) is 8.94. The lowest BCUT2D eigenvalue weighted by molar-refractivity contribution is -0.127. The normalized spacial score (nSPS) is 14.9. The van der Waals surface area contributed by atoms with E-state index < -0.39 is 17.2 Å². The zero-order chi connectivity index (χ0) is 22.8. The van der Waals surface area contributed by atoms with Crippen molar-refractivity contribution in [2.24, 2.45) is 5.92 Å². The monoisotopic (exact) mass is 436 g/mol. The summed E-state index contributed by atoms with van der Waals surface area (Å²) in [5, 5.41) is 3.13. The molecule has 1 aromatic heterocycles. The zero-order valence-electron chi connectivity index (χ0n) is 18.1. The Morgan fingerprint density at radius 2 is 1.88 bits per heavy atom. The molecule has 1 saturated heterocycles. The van der Waals surface area contributed by atoms with Crippen molar-refractivity contribution < 1.29 is 18.4 Å².